The summed E-state index contributed by atoms with van der Waals surface area (Å²) in [7, 11) is 2.11. The first-order valence-corrected chi connectivity index (χ1v) is 7.31. The number of hydrogen-bond acceptors (Lipinski definition) is 3. The van der Waals surface area contributed by atoms with Crippen molar-refractivity contribution >= 4 is 11.6 Å². The van der Waals surface area contributed by atoms with E-state index < -0.39 is 0 Å². The fraction of sp³-hybridized carbons (Fsp3) is 0.667. The summed E-state index contributed by atoms with van der Waals surface area (Å²) in [5.41, 5.74) is 7.24. The smallest absolute Gasteiger partial charge is 0.270 e. The monoisotopic (exact) mass is 278 g/mol. The second-order valence-electron chi connectivity index (χ2n) is 6.31. The minimum absolute atomic E-state index is 0.0155. The summed E-state index contributed by atoms with van der Waals surface area (Å²) in [6, 6.07) is 1.79. The van der Waals surface area contributed by atoms with Gasteiger partial charge in [-0.25, -0.2) is 0 Å². The van der Waals surface area contributed by atoms with E-state index in [0.29, 0.717) is 11.4 Å². The molecule has 0 bridgehead atoms. The van der Waals surface area contributed by atoms with E-state index in [-0.39, 0.29) is 11.4 Å². The summed E-state index contributed by atoms with van der Waals surface area (Å²) in [6.45, 7) is 9.70. The van der Waals surface area contributed by atoms with Gasteiger partial charge in [-0.1, -0.05) is 6.92 Å². The van der Waals surface area contributed by atoms with Gasteiger partial charge in [0, 0.05) is 37.9 Å². The van der Waals surface area contributed by atoms with Crippen molar-refractivity contribution in [3.63, 3.8) is 0 Å². The molecule has 1 aromatic heterocycles. The molecule has 1 aliphatic heterocycles. The van der Waals surface area contributed by atoms with Crippen molar-refractivity contribution in [2.75, 3.05) is 32.4 Å². The van der Waals surface area contributed by atoms with Crippen LogP contribution in [0.15, 0.2) is 12.3 Å². The molecule has 0 aromatic carbocycles. The highest BCUT2D eigenvalue weighted by atomic mass is 16.2. The maximum Gasteiger partial charge on any atom is 0.270 e. The van der Waals surface area contributed by atoms with Crippen LogP contribution in [-0.2, 0) is 6.54 Å². The molecular formula is C15H26N4O. The fourth-order valence-corrected chi connectivity index (χ4v) is 2.71. The highest BCUT2D eigenvalue weighted by Gasteiger charge is 2.34. The number of anilines is 1. The molecule has 2 N–H and O–H groups in total. The third-order valence-corrected chi connectivity index (χ3v) is 4.21. The molecule has 5 heteroatoms. The maximum absolute atomic E-state index is 12.7. The van der Waals surface area contributed by atoms with Gasteiger partial charge in [0.15, 0.2) is 0 Å². The highest BCUT2D eigenvalue weighted by Crippen LogP contribution is 2.21. The number of aromatic nitrogens is 1. The van der Waals surface area contributed by atoms with Crippen molar-refractivity contribution in [3.8, 4) is 0 Å². The van der Waals surface area contributed by atoms with Gasteiger partial charge in [-0.3, -0.25) is 9.69 Å². The summed E-state index contributed by atoms with van der Waals surface area (Å²) in [5.74, 6) is 0.0938. The number of hydrogen-bond donors (Lipinski definition) is 1. The Morgan fingerprint density at radius 3 is 2.70 bits per heavy atom. The quantitative estimate of drug-likeness (QED) is 0.914. The normalized spacial score (nSPS) is 19.3. The van der Waals surface area contributed by atoms with Crippen molar-refractivity contribution in [2.45, 2.75) is 39.3 Å². The van der Waals surface area contributed by atoms with Gasteiger partial charge >= 0.3 is 0 Å². The molecule has 2 rings (SSSR count). The number of aryl methyl sites for hydroxylation is 1. The summed E-state index contributed by atoms with van der Waals surface area (Å²) in [5, 5.41) is 0. The number of amides is 1. The first-order chi connectivity index (χ1) is 9.35. The molecule has 2 heterocycles. The molecule has 0 radical (unpaired) electrons. The Morgan fingerprint density at radius 2 is 2.10 bits per heavy atom. The Hall–Kier alpha value is -1.49. The largest absolute Gasteiger partial charge is 0.397 e. The van der Waals surface area contributed by atoms with Crippen molar-refractivity contribution < 1.29 is 4.79 Å². The number of likely N-dealkylation sites (N-methyl/N-ethyl adjacent to an activating group) is 1. The van der Waals surface area contributed by atoms with E-state index >= 15 is 0 Å². The number of carbonyl (C=O) groups is 1. The van der Waals surface area contributed by atoms with Gasteiger partial charge in [0.25, 0.3) is 5.91 Å². The van der Waals surface area contributed by atoms with Crippen molar-refractivity contribution in [1.82, 2.24) is 14.4 Å². The van der Waals surface area contributed by atoms with E-state index in [1.54, 1.807) is 6.07 Å². The molecule has 1 saturated heterocycles. The average molecular weight is 278 g/mol. The molecule has 112 valence electrons. The first kappa shape index (κ1) is 14.9. The van der Waals surface area contributed by atoms with Gasteiger partial charge in [0.05, 0.1) is 5.69 Å². The molecule has 1 amide bonds. The minimum atomic E-state index is 0.0155. The van der Waals surface area contributed by atoms with E-state index in [0.717, 1.165) is 32.6 Å². The molecule has 0 atom stereocenters. The number of carbonyl (C=O) groups excluding carboxylic acids is 1. The third-order valence-electron chi connectivity index (χ3n) is 4.21. The lowest BCUT2D eigenvalue weighted by molar-refractivity contribution is 0.0304. The molecule has 0 spiro atoms. The molecule has 0 aliphatic carbocycles. The number of nitrogens with two attached hydrogens (primary N) is 1. The number of piperazine rings is 1. The predicted molar refractivity (Wildman–Crippen MR) is 81.7 cm³/mol. The minimum Gasteiger partial charge on any atom is -0.397 e. The van der Waals surface area contributed by atoms with Crippen LogP contribution in [0.4, 0.5) is 5.69 Å². The Bertz CT molecular complexity index is 492. The zero-order valence-electron chi connectivity index (χ0n) is 13.0. The second kappa shape index (κ2) is 5.48. The van der Waals surface area contributed by atoms with Gasteiger partial charge in [0.2, 0.25) is 0 Å². The van der Waals surface area contributed by atoms with E-state index in [9.17, 15) is 4.79 Å². The lowest BCUT2D eigenvalue weighted by Gasteiger charge is -2.45. The van der Waals surface area contributed by atoms with Crippen molar-refractivity contribution in [2.24, 2.45) is 0 Å². The lowest BCUT2D eigenvalue weighted by Crippen LogP contribution is -2.59. The Morgan fingerprint density at radius 1 is 1.40 bits per heavy atom. The Balaban J connectivity index is 2.19. The average Bonchev–Trinajstić information content (AvgIpc) is 2.73. The zero-order valence-corrected chi connectivity index (χ0v) is 13.0. The summed E-state index contributed by atoms with van der Waals surface area (Å²) in [4.78, 5) is 17.0. The Labute approximate surface area is 121 Å². The first-order valence-electron chi connectivity index (χ1n) is 7.31. The van der Waals surface area contributed by atoms with E-state index in [4.69, 9.17) is 5.73 Å². The van der Waals surface area contributed by atoms with Crippen LogP contribution >= 0.6 is 0 Å². The molecule has 20 heavy (non-hydrogen) atoms. The van der Waals surface area contributed by atoms with E-state index in [1.165, 1.54) is 0 Å². The molecule has 1 aromatic rings. The molecule has 0 saturated carbocycles. The highest BCUT2D eigenvalue weighted by molar-refractivity contribution is 5.94. The van der Waals surface area contributed by atoms with Gasteiger partial charge in [0.1, 0.15) is 5.69 Å². The SMILES string of the molecule is CCCn1cc(N)cc1C(=O)N1CCN(C)C(C)(C)C1. The third kappa shape index (κ3) is 2.82. The standard InChI is InChI=1S/C15H26N4O/c1-5-6-18-10-12(16)9-13(18)14(20)19-8-7-17(4)15(2,3)11-19/h9-10H,5-8,11,16H2,1-4H3. The van der Waals surface area contributed by atoms with Gasteiger partial charge < -0.3 is 15.2 Å². The fourth-order valence-electron chi connectivity index (χ4n) is 2.71. The number of nitrogen functional groups attached to an aromatic ring is 1. The molecular weight excluding hydrogens is 252 g/mol. The summed E-state index contributed by atoms with van der Waals surface area (Å²) in [6.07, 6.45) is 2.85. The molecule has 1 aliphatic rings. The van der Waals surface area contributed by atoms with Crippen LogP contribution in [0.5, 0.6) is 0 Å². The number of rotatable bonds is 3. The van der Waals surface area contributed by atoms with Gasteiger partial charge in [-0.15, -0.1) is 0 Å². The van der Waals surface area contributed by atoms with Crippen LogP contribution in [-0.4, -0.2) is 52.5 Å². The van der Waals surface area contributed by atoms with Gasteiger partial charge in [-0.05, 0) is 33.4 Å². The molecule has 1 fully saturated rings. The molecule has 0 unspecified atom stereocenters. The molecule has 5 nitrogen and oxygen atoms in total. The lowest BCUT2D eigenvalue weighted by atomic mass is 9.99. The van der Waals surface area contributed by atoms with Gasteiger partial charge in [-0.2, -0.15) is 0 Å². The topological polar surface area (TPSA) is 54.5 Å². The van der Waals surface area contributed by atoms with E-state index in [2.05, 4.69) is 32.7 Å². The van der Waals surface area contributed by atoms with Crippen LogP contribution in [0, 0.1) is 0 Å². The van der Waals surface area contributed by atoms with Crippen LogP contribution in [0.3, 0.4) is 0 Å². The summed E-state index contributed by atoms with van der Waals surface area (Å²) < 4.78 is 1.98. The van der Waals surface area contributed by atoms with Crippen LogP contribution in [0.2, 0.25) is 0 Å². The zero-order chi connectivity index (χ0) is 14.9. The van der Waals surface area contributed by atoms with Crippen molar-refractivity contribution in [1.29, 1.82) is 0 Å². The van der Waals surface area contributed by atoms with Crippen LogP contribution in [0.25, 0.3) is 0 Å². The Kier molecular flexibility index (Phi) is 4.09. The van der Waals surface area contributed by atoms with Crippen LogP contribution < -0.4 is 5.73 Å². The van der Waals surface area contributed by atoms with Crippen molar-refractivity contribution in [3.05, 3.63) is 18.0 Å². The van der Waals surface area contributed by atoms with E-state index in [1.807, 2.05) is 15.7 Å². The number of nitrogens with zero attached hydrogens (tertiary/aromatic N) is 3. The second-order valence-corrected chi connectivity index (χ2v) is 6.31. The summed E-state index contributed by atoms with van der Waals surface area (Å²) >= 11 is 0. The predicted octanol–water partition coefficient (Wildman–Crippen LogP) is 1.65. The van der Waals surface area contributed by atoms with Crippen LogP contribution in [0.1, 0.15) is 37.7 Å². The maximum atomic E-state index is 12.7.